The molecular weight excluding hydrogens is 238 g/mol. The third-order valence-corrected chi connectivity index (χ3v) is 3.20. The number of nitrogens with two attached hydrogens (primary N) is 1. The summed E-state index contributed by atoms with van der Waals surface area (Å²) in [5.74, 6) is 0. The molecule has 0 spiro atoms. The number of hydrogen-bond acceptors (Lipinski definition) is 4. The quantitative estimate of drug-likeness (QED) is 0.805. The van der Waals surface area contributed by atoms with Crippen LogP contribution in [-0.2, 0) is 11.3 Å². The molecule has 1 aromatic carbocycles. The molecule has 0 aliphatic carbocycles. The van der Waals surface area contributed by atoms with E-state index in [1.54, 1.807) is 6.20 Å². The van der Waals surface area contributed by atoms with Gasteiger partial charge in [-0.2, -0.15) is 0 Å². The van der Waals surface area contributed by atoms with E-state index in [0.717, 1.165) is 12.1 Å². The predicted molar refractivity (Wildman–Crippen MR) is 78.1 cm³/mol. The highest BCUT2D eigenvalue weighted by molar-refractivity contribution is 5.80. The lowest BCUT2D eigenvalue weighted by Gasteiger charge is -2.30. The summed E-state index contributed by atoms with van der Waals surface area (Å²) in [7, 11) is 0. The molecule has 19 heavy (non-hydrogen) atoms. The van der Waals surface area contributed by atoms with Crippen LogP contribution in [0.1, 0.15) is 12.5 Å². The number of benzene rings is 1. The predicted octanol–water partition coefficient (Wildman–Crippen LogP) is 1.48. The Labute approximate surface area is 114 Å². The SMILES string of the molecule is CC1NCCOC1/C(C=NCc1ccccc1)=C/N. The second-order valence-electron chi connectivity index (χ2n) is 4.66. The van der Waals surface area contributed by atoms with Crippen molar-refractivity contribution in [2.24, 2.45) is 10.7 Å². The van der Waals surface area contributed by atoms with E-state index in [2.05, 4.69) is 29.4 Å². The molecule has 4 heteroatoms. The molecule has 0 aromatic heterocycles. The van der Waals surface area contributed by atoms with Crippen molar-refractivity contribution in [2.75, 3.05) is 13.2 Å². The van der Waals surface area contributed by atoms with Crippen molar-refractivity contribution in [3.05, 3.63) is 47.7 Å². The molecule has 1 aromatic rings. The van der Waals surface area contributed by atoms with E-state index < -0.39 is 0 Å². The average molecular weight is 259 g/mol. The van der Waals surface area contributed by atoms with E-state index in [1.807, 2.05) is 24.4 Å². The fourth-order valence-electron chi connectivity index (χ4n) is 2.16. The number of hydrogen-bond donors (Lipinski definition) is 2. The maximum Gasteiger partial charge on any atom is 0.100 e. The number of nitrogens with zero attached hydrogens (tertiary/aromatic N) is 1. The fraction of sp³-hybridized carbons (Fsp3) is 0.400. The van der Waals surface area contributed by atoms with Gasteiger partial charge in [0.25, 0.3) is 0 Å². The van der Waals surface area contributed by atoms with E-state index >= 15 is 0 Å². The van der Waals surface area contributed by atoms with Crippen LogP contribution in [-0.4, -0.2) is 31.5 Å². The summed E-state index contributed by atoms with van der Waals surface area (Å²) in [5.41, 5.74) is 7.80. The van der Waals surface area contributed by atoms with E-state index in [0.29, 0.717) is 13.2 Å². The third kappa shape index (κ3) is 3.91. The Balaban J connectivity index is 1.95. The van der Waals surface area contributed by atoms with Crippen LogP contribution in [0, 0.1) is 0 Å². The van der Waals surface area contributed by atoms with Gasteiger partial charge in [0.05, 0.1) is 13.2 Å². The number of ether oxygens (including phenoxy) is 1. The molecule has 1 saturated heterocycles. The minimum absolute atomic E-state index is 0.0155. The van der Waals surface area contributed by atoms with Crippen LogP contribution < -0.4 is 11.1 Å². The second-order valence-corrected chi connectivity index (χ2v) is 4.66. The summed E-state index contributed by atoms with van der Waals surface area (Å²) < 4.78 is 5.74. The van der Waals surface area contributed by atoms with Gasteiger partial charge in [0.2, 0.25) is 0 Å². The van der Waals surface area contributed by atoms with Crippen LogP contribution in [0.3, 0.4) is 0 Å². The Morgan fingerprint density at radius 2 is 2.26 bits per heavy atom. The van der Waals surface area contributed by atoms with Gasteiger partial charge in [-0.15, -0.1) is 0 Å². The van der Waals surface area contributed by atoms with Crippen molar-refractivity contribution >= 4 is 6.21 Å². The zero-order chi connectivity index (χ0) is 13.5. The molecular formula is C15H21N3O. The fourth-order valence-corrected chi connectivity index (χ4v) is 2.16. The Kier molecular flexibility index (Phi) is 5.12. The Hall–Kier alpha value is -1.65. The highest BCUT2D eigenvalue weighted by Crippen LogP contribution is 2.12. The molecule has 3 N–H and O–H groups in total. The summed E-state index contributed by atoms with van der Waals surface area (Å²) in [6.07, 6.45) is 3.39. The Bertz CT molecular complexity index is 442. The molecule has 2 rings (SSSR count). The van der Waals surface area contributed by atoms with Crippen LogP contribution in [0.4, 0.5) is 0 Å². The summed E-state index contributed by atoms with van der Waals surface area (Å²) in [5, 5.41) is 3.37. The van der Waals surface area contributed by atoms with E-state index in [9.17, 15) is 0 Å². The first-order valence-electron chi connectivity index (χ1n) is 6.62. The van der Waals surface area contributed by atoms with Crippen molar-refractivity contribution in [1.29, 1.82) is 0 Å². The van der Waals surface area contributed by atoms with Gasteiger partial charge in [-0.25, -0.2) is 0 Å². The molecule has 4 nitrogen and oxygen atoms in total. The number of nitrogens with one attached hydrogen (secondary N) is 1. The first-order valence-corrected chi connectivity index (χ1v) is 6.62. The van der Waals surface area contributed by atoms with Gasteiger partial charge in [0, 0.05) is 30.6 Å². The van der Waals surface area contributed by atoms with Gasteiger partial charge in [-0.3, -0.25) is 4.99 Å². The first-order chi connectivity index (χ1) is 9.31. The summed E-state index contributed by atoms with van der Waals surface area (Å²) in [6, 6.07) is 10.4. The van der Waals surface area contributed by atoms with Crippen molar-refractivity contribution in [1.82, 2.24) is 5.32 Å². The average Bonchev–Trinajstić information content (AvgIpc) is 2.46. The molecule has 1 aliphatic heterocycles. The lowest BCUT2D eigenvalue weighted by Crippen LogP contribution is -2.47. The number of morpholine rings is 1. The molecule has 0 saturated carbocycles. The lowest BCUT2D eigenvalue weighted by molar-refractivity contribution is 0.0280. The molecule has 1 fully saturated rings. The Morgan fingerprint density at radius 3 is 2.95 bits per heavy atom. The van der Waals surface area contributed by atoms with Crippen LogP contribution >= 0.6 is 0 Å². The van der Waals surface area contributed by atoms with Gasteiger partial charge >= 0.3 is 0 Å². The second kappa shape index (κ2) is 7.07. The van der Waals surface area contributed by atoms with Gasteiger partial charge in [-0.05, 0) is 12.5 Å². The maximum atomic E-state index is 5.74. The molecule has 2 atom stereocenters. The lowest BCUT2D eigenvalue weighted by atomic mass is 10.0. The molecule has 0 radical (unpaired) electrons. The van der Waals surface area contributed by atoms with Crippen LogP contribution in [0.2, 0.25) is 0 Å². The van der Waals surface area contributed by atoms with Gasteiger partial charge in [-0.1, -0.05) is 30.3 Å². The summed E-state index contributed by atoms with van der Waals surface area (Å²) >= 11 is 0. The van der Waals surface area contributed by atoms with E-state index in [1.165, 1.54) is 5.56 Å². The third-order valence-electron chi connectivity index (χ3n) is 3.20. The van der Waals surface area contributed by atoms with E-state index in [-0.39, 0.29) is 12.1 Å². The highest BCUT2D eigenvalue weighted by atomic mass is 16.5. The van der Waals surface area contributed by atoms with Crippen molar-refractivity contribution < 1.29 is 4.74 Å². The maximum absolute atomic E-state index is 5.74. The van der Waals surface area contributed by atoms with Gasteiger partial charge < -0.3 is 15.8 Å². The molecule has 1 aliphatic rings. The first kappa shape index (κ1) is 13.8. The largest absolute Gasteiger partial charge is 0.404 e. The standard InChI is InChI=1S/C15H21N3O/c1-12-15(19-8-7-18-12)14(9-16)11-17-10-13-5-3-2-4-6-13/h2-6,9,11-12,15,18H,7-8,10,16H2,1H3/b14-9+,17-11?. The Morgan fingerprint density at radius 1 is 1.47 bits per heavy atom. The highest BCUT2D eigenvalue weighted by Gasteiger charge is 2.24. The normalized spacial score (nSPS) is 24.8. The molecule has 2 unspecified atom stereocenters. The zero-order valence-corrected chi connectivity index (χ0v) is 11.3. The van der Waals surface area contributed by atoms with Crippen LogP contribution in [0.15, 0.2) is 47.1 Å². The number of rotatable bonds is 4. The molecule has 0 amide bonds. The minimum Gasteiger partial charge on any atom is -0.404 e. The minimum atomic E-state index is -0.0155. The number of aliphatic imine (C=N–C) groups is 1. The van der Waals surface area contributed by atoms with Gasteiger partial charge in [0.15, 0.2) is 0 Å². The summed E-state index contributed by atoms with van der Waals surface area (Å²) in [4.78, 5) is 4.44. The van der Waals surface area contributed by atoms with Crippen molar-refractivity contribution in [2.45, 2.75) is 25.6 Å². The molecule has 0 bridgehead atoms. The van der Waals surface area contributed by atoms with E-state index in [4.69, 9.17) is 10.5 Å². The summed E-state index contributed by atoms with van der Waals surface area (Å²) in [6.45, 7) is 4.35. The van der Waals surface area contributed by atoms with Gasteiger partial charge in [0.1, 0.15) is 6.10 Å². The smallest absolute Gasteiger partial charge is 0.100 e. The van der Waals surface area contributed by atoms with Crippen LogP contribution in [0.5, 0.6) is 0 Å². The zero-order valence-electron chi connectivity index (χ0n) is 11.3. The molecule has 1 heterocycles. The topological polar surface area (TPSA) is 59.6 Å². The van der Waals surface area contributed by atoms with Crippen molar-refractivity contribution in [3.63, 3.8) is 0 Å². The van der Waals surface area contributed by atoms with Crippen molar-refractivity contribution in [3.8, 4) is 0 Å². The van der Waals surface area contributed by atoms with Crippen LogP contribution in [0.25, 0.3) is 0 Å². The monoisotopic (exact) mass is 259 g/mol. The molecule has 102 valence electrons.